The highest BCUT2D eigenvalue weighted by Gasteiger charge is 2.45. The van der Waals surface area contributed by atoms with Gasteiger partial charge in [0.1, 0.15) is 42.5 Å². The van der Waals surface area contributed by atoms with Gasteiger partial charge >= 0.3 is 13.5 Å². The number of rotatable bonds is 7. The average molecular weight is 711 g/mol. The summed E-state index contributed by atoms with van der Waals surface area (Å²) in [6, 6.07) is 8.76. The molecular formula is C27H35N8O13P. The molecule has 3 aromatic heterocycles. The monoisotopic (exact) mass is 710 g/mol. The lowest BCUT2D eigenvalue weighted by Crippen LogP contribution is -2.33. The number of nitrogens with one attached hydrogen (secondary N) is 1. The number of carbonyl (C=O) groups excluding carboxylic acids is 1. The van der Waals surface area contributed by atoms with E-state index in [0.29, 0.717) is 16.6 Å². The number of phosphoric ester groups is 1. The first-order chi connectivity index (χ1) is 23.1. The lowest BCUT2D eigenvalue weighted by molar-refractivity contribution is -0.0504. The van der Waals surface area contributed by atoms with E-state index in [9.17, 15) is 34.3 Å². The maximum absolute atomic E-state index is 11.6. The molecule has 7 atom stereocenters. The van der Waals surface area contributed by atoms with Gasteiger partial charge in [-0.2, -0.15) is 0 Å². The summed E-state index contributed by atoms with van der Waals surface area (Å²) < 4.78 is 28.3. The summed E-state index contributed by atoms with van der Waals surface area (Å²) in [6.07, 6.45) is -3.07. The molecule has 5 heterocycles. The molecule has 1 amide bonds. The molecule has 2 aliphatic heterocycles. The third kappa shape index (κ3) is 9.19. The second-order valence-corrected chi connectivity index (χ2v) is 12.0. The van der Waals surface area contributed by atoms with Crippen molar-refractivity contribution in [2.24, 2.45) is 5.73 Å². The third-order valence-corrected chi connectivity index (χ3v) is 7.79. The molecule has 0 bridgehead atoms. The molecule has 2 aliphatic rings. The number of aryl methyl sites for hydroxylation is 1. The van der Waals surface area contributed by atoms with E-state index in [-0.39, 0.29) is 30.4 Å². The number of benzene rings is 1. The number of aliphatic hydroxyl groups is 4. The van der Waals surface area contributed by atoms with Crippen LogP contribution in [0, 0.1) is 6.92 Å². The van der Waals surface area contributed by atoms with Crippen LogP contribution in [0.15, 0.2) is 58.8 Å². The van der Waals surface area contributed by atoms with Gasteiger partial charge in [-0.05, 0) is 19.1 Å². The maximum atomic E-state index is 11.6. The Kier molecular flexibility index (Phi) is 12.1. The van der Waals surface area contributed by atoms with Crippen molar-refractivity contribution in [2.45, 2.75) is 56.3 Å². The number of anilines is 1. The number of imidazole rings is 1. The number of primary amides is 1. The predicted molar refractivity (Wildman–Crippen MR) is 166 cm³/mol. The summed E-state index contributed by atoms with van der Waals surface area (Å²) in [4.78, 5) is 64.5. The summed E-state index contributed by atoms with van der Waals surface area (Å²) in [5, 5.41) is 38.6. The number of aliphatic hydroxyl groups excluding tert-OH is 4. The van der Waals surface area contributed by atoms with Gasteiger partial charge in [-0.15, -0.1) is 0 Å². The van der Waals surface area contributed by atoms with Gasteiger partial charge in [0.05, 0.1) is 25.6 Å². The fourth-order valence-corrected chi connectivity index (χ4v) is 5.12. The molecule has 6 rings (SSSR count). The lowest BCUT2D eigenvalue weighted by atomic mass is 10.1. The summed E-state index contributed by atoms with van der Waals surface area (Å²) in [7, 11) is -4.72. The number of phosphoric acid groups is 1. The van der Waals surface area contributed by atoms with Crippen LogP contribution in [0.3, 0.4) is 0 Å². The first-order valence-electron chi connectivity index (χ1n) is 14.4. The van der Waals surface area contributed by atoms with Crippen LogP contribution in [0.2, 0.25) is 0 Å². The number of fused-ring (bicyclic) bond motifs is 1. The van der Waals surface area contributed by atoms with Crippen LogP contribution in [0.4, 0.5) is 5.82 Å². The second kappa shape index (κ2) is 15.9. The van der Waals surface area contributed by atoms with Gasteiger partial charge in [0, 0.05) is 23.7 Å². The Balaban J connectivity index is 0.000000182. The zero-order chi connectivity index (χ0) is 36.0. The first-order valence-corrected chi connectivity index (χ1v) is 15.9. The van der Waals surface area contributed by atoms with Crippen LogP contribution in [0.1, 0.15) is 34.8 Å². The highest BCUT2D eigenvalue weighted by atomic mass is 31.2. The van der Waals surface area contributed by atoms with E-state index in [0.717, 1.165) is 0 Å². The van der Waals surface area contributed by atoms with Crippen molar-refractivity contribution < 1.29 is 53.6 Å². The number of nitrogens with zero attached hydrogens (tertiary/aromatic N) is 5. The van der Waals surface area contributed by atoms with E-state index in [4.69, 9.17) is 35.8 Å². The molecule has 1 aromatic carbocycles. The number of nitrogens with two attached hydrogens (primary N) is 2. The van der Waals surface area contributed by atoms with Gasteiger partial charge in [-0.1, -0.05) is 18.2 Å². The molecule has 22 heteroatoms. The molecule has 4 aromatic rings. The number of hydrogen-bond donors (Lipinski definition) is 9. The molecule has 0 aliphatic carbocycles. The fourth-order valence-electron chi connectivity index (χ4n) is 4.78. The smallest absolute Gasteiger partial charge is 0.394 e. The molecule has 266 valence electrons. The normalized spacial score (nSPS) is 24.9. The van der Waals surface area contributed by atoms with Gasteiger partial charge in [0.15, 0.2) is 17.7 Å². The summed E-state index contributed by atoms with van der Waals surface area (Å²) in [6.45, 7) is 0.668. The molecule has 11 N–H and O–H groups in total. The minimum Gasteiger partial charge on any atom is -0.394 e. The van der Waals surface area contributed by atoms with Crippen molar-refractivity contribution in [1.29, 1.82) is 0 Å². The first kappa shape index (κ1) is 37.4. The van der Waals surface area contributed by atoms with Crippen molar-refractivity contribution in [3.8, 4) is 0 Å². The zero-order valence-corrected chi connectivity index (χ0v) is 26.6. The van der Waals surface area contributed by atoms with Gasteiger partial charge in [0.2, 0.25) is 5.91 Å². The molecule has 2 fully saturated rings. The van der Waals surface area contributed by atoms with Crippen LogP contribution in [0.5, 0.6) is 0 Å². The van der Waals surface area contributed by atoms with Crippen molar-refractivity contribution in [3.63, 3.8) is 0 Å². The van der Waals surface area contributed by atoms with Crippen molar-refractivity contribution in [1.82, 2.24) is 29.1 Å². The molecule has 21 nitrogen and oxygen atoms in total. The molecule has 0 spiro atoms. The van der Waals surface area contributed by atoms with E-state index < -0.39 is 68.7 Å². The Morgan fingerprint density at radius 3 is 2.35 bits per heavy atom. The molecule has 0 radical (unpaired) electrons. The highest BCUT2D eigenvalue weighted by molar-refractivity contribution is 7.46. The lowest BCUT2D eigenvalue weighted by Gasteiger charge is -2.16. The molecule has 0 saturated carbocycles. The Bertz CT molecular complexity index is 1900. The van der Waals surface area contributed by atoms with Crippen LogP contribution >= 0.6 is 7.82 Å². The van der Waals surface area contributed by atoms with Gasteiger partial charge in [-0.25, -0.2) is 24.3 Å². The van der Waals surface area contributed by atoms with Gasteiger partial charge in [-0.3, -0.25) is 28.2 Å². The quantitative estimate of drug-likeness (QED) is 0.0888. The number of hydrogen-bond acceptors (Lipinski definition) is 15. The minimum absolute atomic E-state index is 0.142. The van der Waals surface area contributed by atoms with Crippen molar-refractivity contribution >= 4 is 30.7 Å². The number of nitrogen functional groups attached to an aromatic ring is 1. The van der Waals surface area contributed by atoms with Gasteiger partial charge in [0.25, 0.3) is 5.56 Å². The summed E-state index contributed by atoms with van der Waals surface area (Å²) >= 11 is 0. The minimum atomic E-state index is -4.72. The molecule has 2 saturated heterocycles. The largest absolute Gasteiger partial charge is 0.469 e. The van der Waals surface area contributed by atoms with Crippen LogP contribution in [-0.4, -0.2) is 109 Å². The van der Waals surface area contributed by atoms with Crippen molar-refractivity contribution in [3.05, 3.63) is 81.1 Å². The van der Waals surface area contributed by atoms with E-state index in [1.165, 1.54) is 28.0 Å². The standard InChI is InChI=1S/C10H14N5O7P.C10H14N2O5.C7H7NO/c11-8-5-9(13-2-12-8)15(3-14-5)10-7(17)6(16)4(22-10)1-21-23(18,19)20;1-5-3-12(10(16)11-9(5)15)8-2-6(14)7(4-13)17-8;8-7(9)6-4-2-1-3-5-6/h2-4,6-7,10,16-17H,1H2,(H2,11,12,13)(H2,18,19,20);3,6-8,13-14H,2,4H2,1H3,(H,11,15,16);1-5H,(H2,8,9)/t4-,6-,7-,10-;6-,7+,8+;/m10./s1. The fraction of sp³-hybridized carbons (Fsp3) is 0.407. The average Bonchev–Trinajstić information content (AvgIpc) is 3.74. The Morgan fingerprint density at radius 1 is 1.06 bits per heavy atom. The SMILES string of the molecule is Cc1cn([C@H]2C[C@H](O)[C@@H](CO)O2)c(=O)[nH]c1=O.NC(=O)c1ccccc1.Nc1ncnc2c1ncn2[C@@H]1O[C@H](COP(=O)(O)O)[C@@H](O)[C@H]1O. The predicted octanol–water partition coefficient (Wildman–Crippen LogP) is -2.59. The number of amides is 1. The van der Waals surface area contributed by atoms with Gasteiger partial charge < -0.3 is 51.2 Å². The summed E-state index contributed by atoms with van der Waals surface area (Å²) in [5.74, 6) is -0.237. The Hall–Kier alpha value is -4.41. The van der Waals surface area contributed by atoms with E-state index in [1.54, 1.807) is 31.2 Å². The van der Waals surface area contributed by atoms with E-state index in [2.05, 4.69) is 24.5 Å². The Morgan fingerprint density at radius 2 is 1.76 bits per heavy atom. The third-order valence-electron chi connectivity index (χ3n) is 7.30. The van der Waals surface area contributed by atoms with Crippen LogP contribution in [0.25, 0.3) is 11.2 Å². The number of aromatic nitrogens is 6. The number of H-pyrrole nitrogens is 1. The molecule has 0 unspecified atom stereocenters. The zero-order valence-electron chi connectivity index (χ0n) is 25.7. The van der Waals surface area contributed by atoms with E-state index >= 15 is 0 Å². The topological polar surface area (TPSA) is 334 Å². The molecule has 49 heavy (non-hydrogen) atoms. The second-order valence-electron chi connectivity index (χ2n) is 10.7. The highest BCUT2D eigenvalue weighted by Crippen LogP contribution is 2.39. The number of aromatic amines is 1. The van der Waals surface area contributed by atoms with E-state index in [1.807, 2.05) is 6.07 Å². The summed E-state index contributed by atoms with van der Waals surface area (Å²) in [5.41, 5.74) is 11.1. The van der Waals surface area contributed by atoms with Crippen LogP contribution in [-0.2, 0) is 18.6 Å². The van der Waals surface area contributed by atoms with Crippen LogP contribution < -0.4 is 22.7 Å². The maximum Gasteiger partial charge on any atom is 0.469 e. The number of ether oxygens (including phenoxy) is 2. The number of carbonyl (C=O) groups is 1. The van der Waals surface area contributed by atoms with Crippen molar-refractivity contribution in [2.75, 3.05) is 18.9 Å². The Labute approximate surface area is 275 Å². The molecular weight excluding hydrogens is 675 g/mol.